The van der Waals surface area contributed by atoms with Crippen LogP contribution >= 0.6 is 11.8 Å². The average Bonchev–Trinajstić information content (AvgIpc) is 2.81. The fraction of sp³-hybridized carbons (Fsp3) is 0.417. The Morgan fingerprint density at radius 1 is 1.53 bits per heavy atom. The summed E-state index contributed by atoms with van der Waals surface area (Å²) >= 11 is 2.01. The first-order chi connectivity index (χ1) is 7.31. The molecule has 1 aliphatic rings. The van der Waals surface area contributed by atoms with Crippen molar-refractivity contribution >= 4 is 17.4 Å². The molecule has 0 amide bonds. The van der Waals surface area contributed by atoms with Crippen LogP contribution in [0.4, 0.5) is 5.69 Å². The number of benzene rings is 1. The Morgan fingerprint density at radius 3 is 3.07 bits per heavy atom. The lowest BCUT2D eigenvalue weighted by Gasteiger charge is -2.26. The van der Waals surface area contributed by atoms with Gasteiger partial charge in [0.1, 0.15) is 0 Å². The zero-order valence-electron chi connectivity index (χ0n) is 8.81. The molecule has 1 atom stereocenters. The van der Waals surface area contributed by atoms with E-state index in [0.717, 1.165) is 11.3 Å². The van der Waals surface area contributed by atoms with Crippen molar-refractivity contribution in [2.24, 2.45) is 0 Å². The largest absolute Gasteiger partial charge is 0.371 e. The van der Waals surface area contributed by atoms with E-state index < -0.39 is 0 Å². The van der Waals surface area contributed by atoms with Gasteiger partial charge in [0.15, 0.2) is 0 Å². The molecule has 78 valence electrons. The normalized spacial score (nSPS) is 19.9. The molecule has 1 aliphatic heterocycles. The summed E-state index contributed by atoms with van der Waals surface area (Å²) in [5, 5.41) is 8.84. The predicted octanol–water partition coefficient (Wildman–Crippen LogP) is 2.50. The molecule has 0 bridgehead atoms. The molecule has 0 aliphatic carbocycles. The SMILES string of the molecule is CN(c1cccc(C#N)c1)C1CCSC1. The highest BCUT2D eigenvalue weighted by Crippen LogP contribution is 2.26. The standard InChI is InChI=1S/C12H14N2S/c1-14(12-5-6-15-9-12)11-4-2-3-10(7-11)8-13/h2-4,7,12H,5-6,9H2,1H3. The molecule has 1 unspecified atom stereocenters. The molecule has 3 heteroatoms. The second-order valence-corrected chi connectivity index (χ2v) is 4.94. The number of thioether (sulfide) groups is 1. The Balaban J connectivity index is 2.17. The van der Waals surface area contributed by atoms with E-state index in [0.29, 0.717) is 6.04 Å². The van der Waals surface area contributed by atoms with E-state index >= 15 is 0 Å². The van der Waals surface area contributed by atoms with Crippen LogP contribution < -0.4 is 4.90 Å². The number of hydrogen-bond donors (Lipinski definition) is 0. The maximum absolute atomic E-state index is 8.84. The Morgan fingerprint density at radius 2 is 2.40 bits per heavy atom. The summed E-state index contributed by atoms with van der Waals surface area (Å²) in [5.41, 5.74) is 1.89. The van der Waals surface area contributed by atoms with Gasteiger partial charge in [0, 0.05) is 24.5 Å². The van der Waals surface area contributed by atoms with Gasteiger partial charge < -0.3 is 4.90 Å². The first-order valence-corrected chi connectivity index (χ1v) is 6.27. The topological polar surface area (TPSA) is 27.0 Å². The van der Waals surface area contributed by atoms with E-state index in [2.05, 4.69) is 24.1 Å². The molecule has 1 aromatic carbocycles. The van der Waals surface area contributed by atoms with Gasteiger partial charge in [-0.25, -0.2) is 0 Å². The van der Waals surface area contributed by atoms with Crippen molar-refractivity contribution in [1.82, 2.24) is 0 Å². The van der Waals surface area contributed by atoms with Crippen LogP contribution in [0.3, 0.4) is 0 Å². The monoisotopic (exact) mass is 218 g/mol. The van der Waals surface area contributed by atoms with Gasteiger partial charge in [-0.1, -0.05) is 6.07 Å². The van der Waals surface area contributed by atoms with Crippen LogP contribution in [0.5, 0.6) is 0 Å². The van der Waals surface area contributed by atoms with Crippen LogP contribution in [0.1, 0.15) is 12.0 Å². The molecule has 1 aromatic rings. The van der Waals surface area contributed by atoms with Gasteiger partial charge in [0.2, 0.25) is 0 Å². The van der Waals surface area contributed by atoms with Crippen LogP contribution in [0.2, 0.25) is 0 Å². The zero-order chi connectivity index (χ0) is 10.7. The van der Waals surface area contributed by atoms with E-state index in [4.69, 9.17) is 5.26 Å². The fourth-order valence-corrected chi connectivity index (χ4v) is 3.10. The maximum Gasteiger partial charge on any atom is 0.0992 e. The number of rotatable bonds is 2. The number of nitriles is 1. The molecule has 2 nitrogen and oxygen atoms in total. The lowest BCUT2D eigenvalue weighted by Crippen LogP contribution is -2.31. The minimum absolute atomic E-state index is 0.629. The maximum atomic E-state index is 8.84. The van der Waals surface area contributed by atoms with E-state index in [9.17, 15) is 0 Å². The molecule has 1 saturated heterocycles. The van der Waals surface area contributed by atoms with E-state index in [1.165, 1.54) is 17.9 Å². The molecular weight excluding hydrogens is 204 g/mol. The lowest BCUT2D eigenvalue weighted by atomic mass is 10.1. The van der Waals surface area contributed by atoms with E-state index in [1.54, 1.807) is 0 Å². The fourth-order valence-electron chi connectivity index (χ4n) is 1.83. The van der Waals surface area contributed by atoms with Crippen molar-refractivity contribution in [2.45, 2.75) is 12.5 Å². The molecule has 1 heterocycles. The van der Waals surface area contributed by atoms with E-state index in [-0.39, 0.29) is 0 Å². The van der Waals surface area contributed by atoms with Crippen molar-refractivity contribution in [3.05, 3.63) is 29.8 Å². The zero-order valence-corrected chi connectivity index (χ0v) is 9.63. The lowest BCUT2D eigenvalue weighted by molar-refractivity contribution is 0.700. The molecular formula is C12H14N2S. The highest BCUT2D eigenvalue weighted by Gasteiger charge is 2.20. The first-order valence-electron chi connectivity index (χ1n) is 5.12. The third-order valence-electron chi connectivity index (χ3n) is 2.84. The van der Waals surface area contributed by atoms with Crippen LogP contribution in [-0.4, -0.2) is 24.6 Å². The number of anilines is 1. The molecule has 2 rings (SSSR count). The van der Waals surface area contributed by atoms with Gasteiger partial charge in [-0.15, -0.1) is 0 Å². The van der Waals surface area contributed by atoms with Crippen LogP contribution in [0.25, 0.3) is 0 Å². The molecule has 0 N–H and O–H groups in total. The minimum Gasteiger partial charge on any atom is -0.371 e. The summed E-state index contributed by atoms with van der Waals surface area (Å²) < 4.78 is 0. The van der Waals surface area contributed by atoms with Crippen molar-refractivity contribution in [3.63, 3.8) is 0 Å². The molecule has 15 heavy (non-hydrogen) atoms. The van der Waals surface area contributed by atoms with Gasteiger partial charge in [-0.3, -0.25) is 0 Å². The third-order valence-corrected chi connectivity index (χ3v) is 3.98. The highest BCUT2D eigenvalue weighted by molar-refractivity contribution is 7.99. The Hall–Kier alpha value is -1.14. The smallest absolute Gasteiger partial charge is 0.0992 e. The Kier molecular flexibility index (Phi) is 3.17. The van der Waals surface area contributed by atoms with Crippen molar-refractivity contribution in [2.75, 3.05) is 23.5 Å². The molecule has 0 radical (unpaired) electrons. The average molecular weight is 218 g/mol. The second-order valence-electron chi connectivity index (χ2n) is 3.79. The third kappa shape index (κ3) is 2.27. The molecule has 0 saturated carbocycles. The van der Waals surface area contributed by atoms with Crippen LogP contribution in [0.15, 0.2) is 24.3 Å². The summed E-state index contributed by atoms with van der Waals surface area (Å²) in [6, 6.07) is 10.6. The van der Waals surface area contributed by atoms with Gasteiger partial charge in [0.05, 0.1) is 11.6 Å². The minimum atomic E-state index is 0.629. The van der Waals surface area contributed by atoms with Crippen molar-refractivity contribution in [1.29, 1.82) is 5.26 Å². The molecule has 0 aromatic heterocycles. The molecule has 0 spiro atoms. The van der Waals surface area contributed by atoms with Crippen molar-refractivity contribution < 1.29 is 0 Å². The first kappa shape index (κ1) is 10.4. The van der Waals surface area contributed by atoms with Gasteiger partial charge in [-0.05, 0) is 30.4 Å². The van der Waals surface area contributed by atoms with Crippen molar-refractivity contribution in [3.8, 4) is 6.07 Å². The van der Waals surface area contributed by atoms with Gasteiger partial charge in [-0.2, -0.15) is 17.0 Å². The second kappa shape index (κ2) is 4.59. The summed E-state index contributed by atoms with van der Waals surface area (Å²) in [4.78, 5) is 2.29. The molecule has 1 fully saturated rings. The van der Waals surface area contributed by atoms with Gasteiger partial charge >= 0.3 is 0 Å². The highest BCUT2D eigenvalue weighted by atomic mass is 32.2. The number of hydrogen-bond acceptors (Lipinski definition) is 3. The predicted molar refractivity (Wildman–Crippen MR) is 65.3 cm³/mol. The summed E-state index contributed by atoms with van der Waals surface area (Å²) in [7, 11) is 2.12. The van der Waals surface area contributed by atoms with Crippen LogP contribution in [0, 0.1) is 11.3 Å². The quantitative estimate of drug-likeness (QED) is 0.763. The number of nitrogens with zero attached hydrogens (tertiary/aromatic N) is 2. The van der Waals surface area contributed by atoms with Crippen LogP contribution in [-0.2, 0) is 0 Å². The Labute approximate surface area is 94.9 Å². The van der Waals surface area contributed by atoms with Gasteiger partial charge in [0.25, 0.3) is 0 Å². The summed E-state index contributed by atoms with van der Waals surface area (Å²) in [6.07, 6.45) is 1.25. The Bertz CT molecular complexity index is 377. The summed E-state index contributed by atoms with van der Waals surface area (Å²) in [5.74, 6) is 2.46. The summed E-state index contributed by atoms with van der Waals surface area (Å²) in [6.45, 7) is 0. The van der Waals surface area contributed by atoms with E-state index in [1.807, 2.05) is 30.0 Å².